The first-order valence-electron chi connectivity index (χ1n) is 15.2. The normalized spacial score (nSPS) is 25.8. The van der Waals surface area contributed by atoms with Gasteiger partial charge in [0, 0.05) is 26.7 Å². The average Bonchev–Trinajstić information content (AvgIpc) is 3.58. The van der Waals surface area contributed by atoms with E-state index in [1.54, 1.807) is 60.7 Å². The Labute approximate surface area is 274 Å². The summed E-state index contributed by atoms with van der Waals surface area (Å²) >= 11 is 12.6. The van der Waals surface area contributed by atoms with E-state index >= 15 is 14.4 Å². The number of Topliss-reactive ketones (excluding diaryl/α,β-unsaturated/α-hetero) is 3. The summed E-state index contributed by atoms with van der Waals surface area (Å²) in [5.41, 5.74) is -2.60. The van der Waals surface area contributed by atoms with Gasteiger partial charge in [0.1, 0.15) is 11.0 Å². The van der Waals surface area contributed by atoms with Gasteiger partial charge in [0.05, 0.1) is 11.3 Å². The molecule has 1 N–H and O–H groups in total. The van der Waals surface area contributed by atoms with E-state index in [1.165, 1.54) is 0 Å². The molecule has 2 spiro atoms. The molecule has 1 fully saturated rings. The molecule has 46 heavy (non-hydrogen) atoms. The van der Waals surface area contributed by atoms with Gasteiger partial charge in [-0.15, -0.1) is 0 Å². The molecule has 9 rings (SSSR count). The van der Waals surface area contributed by atoms with Crippen LogP contribution >= 0.6 is 23.2 Å². The Balaban J connectivity index is 1.47. The van der Waals surface area contributed by atoms with E-state index in [0.717, 1.165) is 16.2 Å². The van der Waals surface area contributed by atoms with Crippen molar-refractivity contribution >= 4 is 62.1 Å². The Kier molecular flexibility index (Phi) is 5.56. The predicted octanol–water partition coefficient (Wildman–Crippen LogP) is 8.66. The third-order valence-electron chi connectivity index (χ3n) is 10.8. The molecule has 0 bridgehead atoms. The summed E-state index contributed by atoms with van der Waals surface area (Å²) in [7, 11) is 0. The van der Waals surface area contributed by atoms with Crippen LogP contribution in [0.2, 0.25) is 10.0 Å². The Morgan fingerprint density at radius 1 is 0.630 bits per heavy atom. The van der Waals surface area contributed by atoms with Crippen molar-refractivity contribution in [3.63, 3.8) is 0 Å². The lowest BCUT2D eigenvalue weighted by molar-refractivity contribution is -0.0217. The first kappa shape index (κ1) is 27.7. The zero-order chi connectivity index (χ0) is 31.6. The fourth-order valence-corrected chi connectivity index (χ4v) is 9.38. The Morgan fingerprint density at radius 2 is 1.13 bits per heavy atom. The van der Waals surface area contributed by atoms with Crippen LogP contribution < -0.4 is 0 Å². The number of rotatable bonds is 3. The molecule has 3 aliphatic carbocycles. The number of fused-ring (bicyclic) bond motifs is 2. The van der Waals surface area contributed by atoms with Gasteiger partial charge in [-0.25, -0.2) is 0 Å². The number of halogens is 2. The van der Waals surface area contributed by atoms with Crippen molar-refractivity contribution in [1.82, 2.24) is 0 Å². The molecule has 1 saturated carbocycles. The third kappa shape index (κ3) is 3.12. The van der Waals surface area contributed by atoms with Crippen LogP contribution in [0.15, 0.2) is 121 Å². The quantitative estimate of drug-likeness (QED) is 0.197. The van der Waals surface area contributed by atoms with Crippen molar-refractivity contribution in [3.05, 3.63) is 165 Å². The molecule has 0 aliphatic heterocycles. The van der Waals surface area contributed by atoms with E-state index in [1.807, 2.05) is 60.7 Å². The van der Waals surface area contributed by atoms with Gasteiger partial charge >= 0.3 is 0 Å². The maximum atomic E-state index is 15.4. The molecular weight excluding hydrogens is 615 g/mol. The number of hydrogen-bond donors (Lipinski definition) is 1. The topological polar surface area (TPSA) is 71.4 Å². The molecule has 0 heterocycles. The van der Waals surface area contributed by atoms with Crippen LogP contribution in [0.1, 0.15) is 54.2 Å². The Bertz CT molecular complexity index is 2330. The molecule has 3 aliphatic rings. The summed E-state index contributed by atoms with van der Waals surface area (Å²) in [5.74, 6) is -2.36. The van der Waals surface area contributed by atoms with Gasteiger partial charge in [-0.2, -0.15) is 0 Å². The van der Waals surface area contributed by atoms with Crippen LogP contribution in [0.4, 0.5) is 0 Å². The fourth-order valence-electron chi connectivity index (χ4n) is 9.13. The maximum absolute atomic E-state index is 15.4. The molecule has 0 radical (unpaired) electrons. The minimum atomic E-state index is -1.99. The largest absolute Gasteiger partial charge is 0.384 e. The number of carbonyl (C=O) groups is 3. The third-order valence-corrected chi connectivity index (χ3v) is 11.3. The molecule has 4 unspecified atom stereocenters. The zero-order valence-electron chi connectivity index (χ0n) is 24.3. The standard InChI is InChI=1S/C40H24Cl2O4/c41-26-17-13-24(14-18-26)34(43)35-38(30-11-3-7-22-5-1-9-28(32(22)30)36(38)44)21-39(46,25-15-19-27(42)20-16-25)40(35)31-12-4-8-23-6-2-10-29(33(23)31)37(40)45/h1-20,35,46H,21H2. The number of benzene rings is 6. The highest BCUT2D eigenvalue weighted by molar-refractivity contribution is 6.31. The van der Waals surface area contributed by atoms with Gasteiger partial charge in [-0.05, 0) is 81.1 Å². The Morgan fingerprint density at radius 3 is 1.74 bits per heavy atom. The monoisotopic (exact) mass is 638 g/mol. The van der Waals surface area contributed by atoms with E-state index in [2.05, 4.69) is 0 Å². The molecule has 0 amide bonds. The van der Waals surface area contributed by atoms with Gasteiger partial charge in [0.15, 0.2) is 17.3 Å². The summed E-state index contributed by atoms with van der Waals surface area (Å²) in [6.45, 7) is 0. The van der Waals surface area contributed by atoms with Crippen LogP contribution in [0, 0.1) is 5.92 Å². The van der Waals surface area contributed by atoms with Crippen LogP contribution in [-0.4, -0.2) is 22.5 Å². The molecule has 222 valence electrons. The minimum Gasteiger partial charge on any atom is -0.384 e. The smallest absolute Gasteiger partial charge is 0.178 e. The second-order valence-corrected chi connectivity index (χ2v) is 13.6. The second-order valence-electron chi connectivity index (χ2n) is 12.7. The lowest BCUT2D eigenvalue weighted by atomic mass is 9.57. The van der Waals surface area contributed by atoms with Crippen molar-refractivity contribution in [2.24, 2.45) is 5.92 Å². The van der Waals surface area contributed by atoms with Crippen molar-refractivity contribution in [2.45, 2.75) is 22.9 Å². The first-order chi connectivity index (χ1) is 22.2. The number of carbonyl (C=O) groups excluding carboxylic acids is 3. The SMILES string of the molecule is O=C(c1ccc(Cl)cc1)C1C2(CC(O)(c3ccc(Cl)cc3)C13C(=O)c1cccc4cccc3c14)C(=O)c1cccc3cccc2c13. The van der Waals surface area contributed by atoms with E-state index < -0.39 is 28.1 Å². The summed E-state index contributed by atoms with van der Waals surface area (Å²) in [6, 6.07) is 35.7. The molecule has 6 aromatic carbocycles. The van der Waals surface area contributed by atoms with Gasteiger partial charge in [0.25, 0.3) is 0 Å². The van der Waals surface area contributed by atoms with Crippen molar-refractivity contribution < 1.29 is 19.5 Å². The van der Waals surface area contributed by atoms with E-state index in [4.69, 9.17) is 23.2 Å². The van der Waals surface area contributed by atoms with Crippen molar-refractivity contribution in [2.75, 3.05) is 0 Å². The van der Waals surface area contributed by atoms with Crippen LogP contribution in [0.3, 0.4) is 0 Å². The van der Waals surface area contributed by atoms with E-state index in [9.17, 15) is 5.11 Å². The molecule has 0 aromatic heterocycles. The molecule has 6 heteroatoms. The zero-order valence-corrected chi connectivity index (χ0v) is 25.8. The van der Waals surface area contributed by atoms with Crippen molar-refractivity contribution in [3.8, 4) is 0 Å². The van der Waals surface area contributed by atoms with Crippen LogP contribution in [0.25, 0.3) is 21.5 Å². The highest BCUT2D eigenvalue weighted by atomic mass is 35.5. The summed E-state index contributed by atoms with van der Waals surface area (Å²) in [6.07, 6.45) is -0.186. The number of aliphatic hydroxyl groups is 1. The lowest BCUT2D eigenvalue weighted by Gasteiger charge is -2.43. The fraction of sp³-hybridized carbons (Fsp3) is 0.125. The number of ketones is 3. The summed E-state index contributed by atoms with van der Waals surface area (Å²) < 4.78 is 0. The minimum absolute atomic E-state index is 0.186. The lowest BCUT2D eigenvalue weighted by Crippen LogP contribution is -2.56. The average molecular weight is 640 g/mol. The highest BCUT2D eigenvalue weighted by Gasteiger charge is 2.80. The molecule has 4 nitrogen and oxygen atoms in total. The van der Waals surface area contributed by atoms with Crippen LogP contribution in [0.5, 0.6) is 0 Å². The van der Waals surface area contributed by atoms with Gasteiger partial charge in [-0.3, -0.25) is 14.4 Å². The molecular formula is C40H24Cl2O4. The molecule has 0 saturated heterocycles. The van der Waals surface area contributed by atoms with Crippen LogP contribution in [-0.2, 0) is 16.4 Å². The maximum Gasteiger partial charge on any atom is 0.178 e. The predicted molar refractivity (Wildman–Crippen MR) is 179 cm³/mol. The summed E-state index contributed by atoms with van der Waals surface area (Å²) in [4.78, 5) is 46.1. The first-order valence-corrected chi connectivity index (χ1v) is 15.9. The number of hydrogen-bond acceptors (Lipinski definition) is 4. The van der Waals surface area contributed by atoms with Crippen molar-refractivity contribution in [1.29, 1.82) is 0 Å². The molecule has 6 aromatic rings. The van der Waals surface area contributed by atoms with E-state index in [-0.39, 0.29) is 18.0 Å². The highest BCUT2D eigenvalue weighted by Crippen LogP contribution is 2.71. The Hall–Kier alpha value is -4.61. The molecule has 4 atom stereocenters. The van der Waals surface area contributed by atoms with Gasteiger partial charge < -0.3 is 5.11 Å². The van der Waals surface area contributed by atoms with E-state index in [0.29, 0.717) is 48.8 Å². The summed E-state index contributed by atoms with van der Waals surface area (Å²) in [5, 5.41) is 17.6. The van der Waals surface area contributed by atoms with Gasteiger partial charge in [0.2, 0.25) is 0 Å². The van der Waals surface area contributed by atoms with Gasteiger partial charge in [-0.1, -0.05) is 108 Å². The second kappa shape index (κ2) is 9.23.